The molecule has 1 N–H and O–H groups in total. The lowest BCUT2D eigenvalue weighted by atomic mass is 10.7. The summed E-state index contributed by atoms with van der Waals surface area (Å²) in [6.45, 7) is -2.31. The van der Waals surface area contributed by atoms with Crippen molar-refractivity contribution in [2.45, 2.75) is 6.18 Å². The van der Waals surface area contributed by atoms with Gasteiger partial charge < -0.3 is 14.6 Å². The van der Waals surface area contributed by atoms with Crippen LogP contribution in [0.5, 0.6) is 0 Å². The Kier molecular flexibility index (Phi) is 5.40. The van der Waals surface area contributed by atoms with Gasteiger partial charge in [0, 0.05) is 0 Å². The van der Waals surface area contributed by atoms with E-state index in [9.17, 15) is 18.0 Å². The van der Waals surface area contributed by atoms with E-state index in [0.29, 0.717) is 0 Å². The minimum atomic E-state index is -4.35. The lowest BCUT2D eigenvalue weighted by Gasteiger charge is -2.06. The van der Waals surface area contributed by atoms with Gasteiger partial charge in [0.15, 0.2) is 0 Å². The molecule has 0 fully saturated rings. The number of ether oxygens (including phenoxy) is 2. The van der Waals surface area contributed by atoms with Gasteiger partial charge in [-0.15, -0.1) is 0 Å². The van der Waals surface area contributed by atoms with Gasteiger partial charge in [0.1, 0.15) is 13.2 Å². The zero-order valence-electron chi connectivity index (χ0n) is 6.63. The molecule has 0 bridgehead atoms. The highest BCUT2D eigenvalue weighted by atomic mass is 19.4. The fourth-order valence-corrected chi connectivity index (χ4v) is 0.465. The monoisotopic (exact) mass is 202 g/mol. The number of carboxylic acid groups (broad SMARTS) is 1. The molecule has 0 aliphatic carbocycles. The number of rotatable bonds is 6. The van der Waals surface area contributed by atoms with E-state index in [1.807, 2.05) is 0 Å². The van der Waals surface area contributed by atoms with Crippen molar-refractivity contribution in [3.8, 4) is 0 Å². The largest absolute Gasteiger partial charge is 0.480 e. The average molecular weight is 202 g/mol. The first-order valence-electron chi connectivity index (χ1n) is 3.36. The molecule has 0 amide bonds. The molecule has 0 aromatic heterocycles. The number of alkyl halides is 3. The van der Waals surface area contributed by atoms with E-state index in [1.165, 1.54) is 0 Å². The zero-order valence-corrected chi connectivity index (χ0v) is 6.63. The van der Waals surface area contributed by atoms with Crippen LogP contribution in [0.3, 0.4) is 0 Å². The maximum atomic E-state index is 11.4. The topological polar surface area (TPSA) is 55.8 Å². The van der Waals surface area contributed by atoms with Crippen molar-refractivity contribution in [3.05, 3.63) is 0 Å². The summed E-state index contributed by atoms with van der Waals surface area (Å²) >= 11 is 0. The van der Waals surface area contributed by atoms with E-state index in [2.05, 4.69) is 9.47 Å². The van der Waals surface area contributed by atoms with Gasteiger partial charge in [0.05, 0.1) is 13.2 Å². The van der Waals surface area contributed by atoms with Crippen LogP contribution in [0.2, 0.25) is 0 Å². The molecule has 0 radical (unpaired) electrons. The number of aliphatic carboxylic acids is 1. The molecule has 0 aliphatic rings. The van der Waals surface area contributed by atoms with Crippen LogP contribution in [-0.4, -0.2) is 43.7 Å². The first-order valence-corrected chi connectivity index (χ1v) is 3.36. The van der Waals surface area contributed by atoms with E-state index in [4.69, 9.17) is 5.11 Å². The summed E-state index contributed by atoms with van der Waals surface area (Å²) < 4.78 is 42.9. The maximum Gasteiger partial charge on any atom is 0.411 e. The Morgan fingerprint density at radius 1 is 1.23 bits per heavy atom. The van der Waals surface area contributed by atoms with Crippen molar-refractivity contribution >= 4 is 5.97 Å². The van der Waals surface area contributed by atoms with E-state index >= 15 is 0 Å². The lowest BCUT2D eigenvalue weighted by Crippen LogP contribution is -2.19. The lowest BCUT2D eigenvalue weighted by molar-refractivity contribution is -0.177. The second kappa shape index (κ2) is 5.76. The van der Waals surface area contributed by atoms with Crippen LogP contribution in [0.4, 0.5) is 13.2 Å². The predicted octanol–water partition coefficient (Wildman–Crippen LogP) is 0.666. The summed E-state index contributed by atoms with van der Waals surface area (Å²) in [5.41, 5.74) is 0. The molecule has 13 heavy (non-hydrogen) atoms. The molecule has 0 rings (SSSR count). The molecule has 7 heteroatoms. The Morgan fingerprint density at radius 3 is 2.23 bits per heavy atom. The van der Waals surface area contributed by atoms with Crippen LogP contribution >= 0.6 is 0 Å². The summed E-state index contributed by atoms with van der Waals surface area (Å²) in [6.07, 6.45) is -4.35. The van der Waals surface area contributed by atoms with Crippen molar-refractivity contribution < 1.29 is 32.5 Å². The Morgan fingerprint density at radius 2 is 1.77 bits per heavy atom. The van der Waals surface area contributed by atoms with Gasteiger partial charge in [-0.25, -0.2) is 4.79 Å². The zero-order chi connectivity index (χ0) is 10.3. The Balaban J connectivity index is 3.13. The average Bonchev–Trinajstić information content (AvgIpc) is 1.93. The maximum absolute atomic E-state index is 11.4. The van der Waals surface area contributed by atoms with Gasteiger partial charge in [-0.1, -0.05) is 0 Å². The number of hydrogen-bond donors (Lipinski definition) is 1. The second-order valence-electron chi connectivity index (χ2n) is 2.11. The second-order valence-corrected chi connectivity index (χ2v) is 2.11. The van der Waals surface area contributed by atoms with Gasteiger partial charge >= 0.3 is 12.1 Å². The highest BCUT2D eigenvalue weighted by Gasteiger charge is 2.27. The number of hydrogen-bond acceptors (Lipinski definition) is 3. The van der Waals surface area contributed by atoms with Gasteiger partial charge in [0.2, 0.25) is 0 Å². The fourth-order valence-electron chi connectivity index (χ4n) is 0.465. The van der Waals surface area contributed by atoms with Gasteiger partial charge in [-0.05, 0) is 0 Å². The number of carboxylic acids is 1. The number of halogens is 3. The molecular weight excluding hydrogens is 193 g/mol. The summed E-state index contributed by atoms with van der Waals surface area (Å²) in [4.78, 5) is 9.85. The van der Waals surface area contributed by atoms with E-state index in [0.717, 1.165) is 0 Å². The molecule has 0 aliphatic heterocycles. The normalized spacial score (nSPS) is 11.6. The summed E-state index contributed by atoms with van der Waals surface area (Å²) in [5, 5.41) is 8.05. The van der Waals surface area contributed by atoms with Gasteiger partial charge in [0.25, 0.3) is 0 Å². The Labute approximate surface area is 72.2 Å². The Hall–Kier alpha value is -0.820. The molecule has 0 heterocycles. The quantitative estimate of drug-likeness (QED) is 0.643. The summed E-state index contributed by atoms with van der Waals surface area (Å²) in [5.74, 6) is -1.17. The summed E-state index contributed by atoms with van der Waals surface area (Å²) in [6, 6.07) is 0. The molecule has 0 saturated carbocycles. The van der Waals surface area contributed by atoms with Crippen LogP contribution in [0, 0.1) is 0 Å². The molecule has 0 spiro atoms. The van der Waals surface area contributed by atoms with Crippen molar-refractivity contribution in [2.24, 2.45) is 0 Å². The third kappa shape index (κ3) is 11.2. The van der Waals surface area contributed by atoms with E-state index in [1.54, 1.807) is 0 Å². The standard InChI is InChI=1S/C6H9F3O4/c7-6(8,9)4-13-2-1-12-3-5(10)11/h1-4H2,(H,10,11). The van der Waals surface area contributed by atoms with Gasteiger partial charge in [-0.3, -0.25) is 0 Å². The molecular formula is C6H9F3O4. The smallest absolute Gasteiger partial charge is 0.411 e. The molecule has 0 saturated heterocycles. The van der Waals surface area contributed by atoms with Gasteiger partial charge in [-0.2, -0.15) is 13.2 Å². The van der Waals surface area contributed by atoms with Crippen molar-refractivity contribution in [1.29, 1.82) is 0 Å². The highest BCUT2D eigenvalue weighted by molar-refractivity contribution is 5.67. The third-order valence-corrected chi connectivity index (χ3v) is 0.863. The molecule has 78 valence electrons. The summed E-state index contributed by atoms with van der Waals surface area (Å²) in [7, 11) is 0. The molecule has 0 aromatic rings. The third-order valence-electron chi connectivity index (χ3n) is 0.863. The molecule has 0 aromatic carbocycles. The first kappa shape index (κ1) is 12.2. The predicted molar refractivity (Wildman–Crippen MR) is 35.3 cm³/mol. The first-order chi connectivity index (χ1) is 5.92. The van der Waals surface area contributed by atoms with Crippen LogP contribution in [0.25, 0.3) is 0 Å². The SMILES string of the molecule is O=C(O)COCCOCC(F)(F)F. The van der Waals surface area contributed by atoms with Crippen LogP contribution in [-0.2, 0) is 14.3 Å². The minimum Gasteiger partial charge on any atom is -0.480 e. The Bertz CT molecular complexity index is 156. The van der Waals surface area contributed by atoms with E-state index < -0.39 is 25.4 Å². The van der Waals surface area contributed by atoms with Crippen LogP contribution in [0.1, 0.15) is 0 Å². The van der Waals surface area contributed by atoms with Crippen LogP contribution < -0.4 is 0 Å². The fraction of sp³-hybridized carbons (Fsp3) is 0.833. The molecule has 0 atom stereocenters. The highest BCUT2D eigenvalue weighted by Crippen LogP contribution is 2.13. The number of carbonyl (C=O) groups is 1. The van der Waals surface area contributed by atoms with Crippen molar-refractivity contribution in [3.63, 3.8) is 0 Å². The van der Waals surface area contributed by atoms with Crippen molar-refractivity contribution in [2.75, 3.05) is 26.4 Å². The van der Waals surface area contributed by atoms with Crippen molar-refractivity contribution in [1.82, 2.24) is 0 Å². The van der Waals surface area contributed by atoms with E-state index in [-0.39, 0.29) is 13.2 Å². The molecule has 0 unspecified atom stereocenters. The minimum absolute atomic E-state index is 0.164. The molecule has 4 nitrogen and oxygen atoms in total. The van der Waals surface area contributed by atoms with Crippen LogP contribution in [0.15, 0.2) is 0 Å².